The largest absolute Gasteiger partial charge is 0.399 e. The van der Waals surface area contributed by atoms with E-state index in [1.807, 2.05) is 19.1 Å². The van der Waals surface area contributed by atoms with Crippen LogP contribution in [0.15, 0.2) is 12.1 Å². The molecule has 1 fully saturated rings. The van der Waals surface area contributed by atoms with Crippen LogP contribution in [0.4, 0.5) is 11.4 Å². The van der Waals surface area contributed by atoms with Crippen molar-refractivity contribution in [3.05, 3.63) is 23.3 Å². The number of hydrogen-bond acceptors (Lipinski definition) is 3. The molecule has 3 heteroatoms. The summed E-state index contributed by atoms with van der Waals surface area (Å²) in [5.41, 5.74) is 15.7. The van der Waals surface area contributed by atoms with Crippen molar-refractivity contribution in [2.24, 2.45) is 0 Å². The topological polar surface area (TPSA) is 61.3 Å². The fourth-order valence-electron chi connectivity index (χ4n) is 2.10. The highest BCUT2D eigenvalue weighted by atomic mass is 16.5. The summed E-state index contributed by atoms with van der Waals surface area (Å²) < 4.78 is 5.61. The minimum absolute atomic E-state index is 0.327. The third-order valence-electron chi connectivity index (χ3n) is 3.13. The molecule has 1 heterocycles. The first-order valence-electron chi connectivity index (χ1n) is 5.43. The van der Waals surface area contributed by atoms with Gasteiger partial charge in [0.25, 0.3) is 0 Å². The average Bonchev–Trinajstić information content (AvgIpc) is 2.71. The van der Waals surface area contributed by atoms with Crippen molar-refractivity contribution in [3.8, 4) is 0 Å². The molecule has 1 aliphatic rings. The maximum atomic E-state index is 5.96. The summed E-state index contributed by atoms with van der Waals surface area (Å²) in [5.74, 6) is 0. The van der Waals surface area contributed by atoms with Crippen molar-refractivity contribution in [3.63, 3.8) is 0 Å². The van der Waals surface area contributed by atoms with E-state index >= 15 is 0 Å². The van der Waals surface area contributed by atoms with E-state index in [9.17, 15) is 0 Å². The van der Waals surface area contributed by atoms with Gasteiger partial charge in [-0.1, -0.05) is 0 Å². The van der Waals surface area contributed by atoms with Crippen LogP contribution in [-0.4, -0.2) is 12.7 Å². The Morgan fingerprint density at radius 1 is 1.33 bits per heavy atom. The van der Waals surface area contributed by atoms with Crippen LogP contribution in [0, 0.1) is 6.92 Å². The van der Waals surface area contributed by atoms with Gasteiger partial charge in [-0.3, -0.25) is 0 Å². The van der Waals surface area contributed by atoms with Gasteiger partial charge < -0.3 is 16.2 Å². The van der Waals surface area contributed by atoms with Crippen molar-refractivity contribution >= 4 is 11.4 Å². The number of nitrogen functional groups attached to an aromatic ring is 2. The molecule has 0 aromatic heterocycles. The molecule has 2 rings (SSSR count). The van der Waals surface area contributed by atoms with Gasteiger partial charge in [0.05, 0.1) is 6.10 Å². The Hall–Kier alpha value is -1.22. The molecule has 3 nitrogen and oxygen atoms in total. The van der Waals surface area contributed by atoms with Crippen molar-refractivity contribution in [2.75, 3.05) is 18.1 Å². The van der Waals surface area contributed by atoms with Crippen LogP contribution >= 0.6 is 0 Å². The van der Waals surface area contributed by atoms with Gasteiger partial charge in [-0.25, -0.2) is 0 Å². The third-order valence-corrected chi connectivity index (χ3v) is 3.13. The van der Waals surface area contributed by atoms with E-state index in [4.69, 9.17) is 16.2 Å². The molecule has 4 N–H and O–H groups in total. The summed E-state index contributed by atoms with van der Waals surface area (Å²) in [6.07, 6.45) is 3.51. The van der Waals surface area contributed by atoms with Crippen LogP contribution in [0.2, 0.25) is 0 Å². The monoisotopic (exact) mass is 206 g/mol. The smallest absolute Gasteiger partial charge is 0.0617 e. The molecule has 0 radical (unpaired) electrons. The fourth-order valence-corrected chi connectivity index (χ4v) is 2.10. The number of benzene rings is 1. The second-order valence-corrected chi connectivity index (χ2v) is 4.19. The molecule has 0 amide bonds. The standard InChI is InChI=1S/C12H18N2O/c1-8-10(7-9-3-2-6-15-9)12(14)5-4-11(8)13/h4-5,9H,2-3,6-7,13-14H2,1H3. The predicted octanol–water partition coefficient (Wildman–Crippen LogP) is 1.88. The normalized spacial score (nSPS) is 20.7. The van der Waals surface area contributed by atoms with E-state index in [1.165, 1.54) is 0 Å². The Morgan fingerprint density at radius 2 is 2.07 bits per heavy atom. The first-order chi connectivity index (χ1) is 7.18. The third kappa shape index (κ3) is 2.07. The van der Waals surface area contributed by atoms with E-state index in [2.05, 4.69) is 0 Å². The molecule has 1 unspecified atom stereocenters. The maximum Gasteiger partial charge on any atom is 0.0617 e. The Labute approximate surface area is 90.4 Å². The molecular weight excluding hydrogens is 188 g/mol. The molecule has 1 aliphatic heterocycles. The number of nitrogens with two attached hydrogens (primary N) is 2. The van der Waals surface area contributed by atoms with Crippen molar-refractivity contribution in [1.82, 2.24) is 0 Å². The minimum Gasteiger partial charge on any atom is -0.399 e. The number of hydrogen-bond donors (Lipinski definition) is 2. The quantitative estimate of drug-likeness (QED) is 0.726. The lowest BCUT2D eigenvalue weighted by molar-refractivity contribution is 0.111. The summed E-state index contributed by atoms with van der Waals surface area (Å²) >= 11 is 0. The van der Waals surface area contributed by atoms with E-state index in [0.717, 1.165) is 48.4 Å². The zero-order chi connectivity index (χ0) is 10.8. The molecule has 0 aliphatic carbocycles. The summed E-state index contributed by atoms with van der Waals surface area (Å²) in [6, 6.07) is 3.75. The summed E-state index contributed by atoms with van der Waals surface area (Å²) in [6.45, 7) is 2.90. The maximum absolute atomic E-state index is 5.96. The SMILES string of the molecule is Cc1c(N)ccc(N)c1CC1CCCO1. The van der Waals surface area contributed by atoms with Crippen LogP contribution in [0.1, 0.15) is 24.0 Å². The Bertz CT molecular complexity index is 357. The van der Waals surface area contributed by atoms with Crippen LogP contribution in [-0.2, 0) is 11.2 Å². The minimum atomic E-state index is 0.327. The van der Waals surface area contributed by atoms with E-state index in [0.29, 0.717) is 6.10 Å². The molecule has 1 aromatic carbocycles. The Morgan fingerprint density at radius 3 is 2.73 bits per heavy atom. The molecule has 1 saturated heterocycles. The number of rotatable bonds is 2. The molecule has 82 valence electrons. The van der Waals surface area contributed by atoms with Crippen LogP contribution in [0.3, 0.4) is 0 Å². The summed E-state index contributed by atoms with van der Waals surface area (Å²) in [7, 11) is 0. The van der Waals surface area contributed by atoms with Crippen molar-refractivity contribution in [2.45, 2.75) is 32.3 Å². The van der Waals surface area contributed by atoms with Gasteiger partial charge in [0.2, 0.25) is 0 Å². The summed E-state index contributed by atoms with van der Waals surface area (Å²) in [5, 5.41) is 0. The molecule has 0 bridgehead atoms. The molecule has 1 atom stereocenters. The zero-order valence-corrected chi connectivity index (χ0v) is 9.12. The zero-order valence-electron chi connectivity index (χ0n) is 9.12. The average molecular weight is 206 g/mol. The van der Waals surface area contributed by atoms with Crippen LogP contribution in [0.5, 0.6) is 0 Å². The lowest BCUT2D eigenvalue weighted by Gasteiger charge is -2.15. The Balaban J connectivity index is 2.22. The molecular formula is C12H18N2O. The van der Waals surface area contributed by atoms with Gasteiger partial charge in [-0.15, -0.1) is 0 Å². The lowest BCUT2D eigenvalue weighted by atomic mass is 9.98. The van der Waals surface area contributed by atoms with Gasteiger partial charge in [-0.2, -0.15) is 0 Å². The van der Waals surface area contributed by atoms with Gasteiger partial charge in [0.15, 0.2) is 0 Å². The van der Waals surface area contributed by atoms with Crippen LogP contribution in [0.25, 0.3) is 0 Å². The fraction of sp³-hybridized carbons (Fsp3) is 0.500. The second-order valence-electron chi connectivity index (χ2n) is 4.19. The van der Waals surface area contributed by atoms with Crippen molar-refractivity contribution in [1.29, 1.82) is 0 Å². The molecule has 0 spiro atoms. The predicted molar refractivity (Wildman–Crippen MR) is 62.7 cm³/mol. The first kappa shape index (κ1) is 10.3. The van der Waals surface area contributed by atoms with Gasteiger partial charge in [0, 0.05) is 24.4 Å². The van der Waals surface area contributed by atoms with Gasteiger partial charge in [-0.05, 0) is 43.0 Å². The molecule has 15 heavy (non-hydrogen) atoms. The molecule has 1 aromatic rings. The summed E-state index contributed by atoms with van der Waals surface area (Å²) in [4.78, 5) is 0. The van der Waals surface area contributed by atoms with Gasteiger partial charge >= 0.3 is 0 Å². The first-order valence-corrected chi connectivity index (χ1v) is 5.43. The van der Waals surface area contributed by atoms with Gasteiger partial charge in [0.1, 0.15) is 0 Å². The Kier molecular flexibility index (Phi) is 2.82. The number of anilines is 2. The van der Waals surface area contributed by atoms with Crippen molar-refractivity contribution < 1.29 is 4.74 Å². The highest BCUT2D eigenvalue weighted by molar-refractivity contribution is 5.61. The highest BCUT2D eigenvalue weighted by Gasteiger charge is 2.18. The number of ether oxygens (including phenoxy) is 1. The van der Waals surface area contributed by atoms with E-state index in [-0.39, 0.29) is 0 Å². The molecule has 0 saturated carbocycles. The lowest BCUT2D eigenvalue weighted by Crippen LogP contribution is -2.12. The second kappa shape index (κ2) is 4.11. The van der Waals surface area contributed by atoms with Crippen LogP contribution < -0.4 is 11.5 Å². The van der Waals surface area contributed by atoms with E-state index in [1.54, 1.807) is 0 Å². The highest BCUT2D eigenvalue weighted by Crippen LogP contribution is 2.26. The van der Waals surface area contributed by atoms with E-state index < -0.39 is 0 Å².